The van der Waals surface area contributed by atoms with Gasteiger partial charge in [0.1, 0.15) is 0 Å². The Labute approximate surface area is 130 Å². The molecule has 3 heterocycles. The molecule has 0 aliphatic carbocycles. The third kappa shape index (κ3) is 2.29. The van der Waals surface area contributed by atoms with E-state index >= 15 is 0 Å². The van der Waals surface area contributed by atoms with Crippen LogP contribution in [0.4, 0.5) is 0 Å². The molecule has 0 unspecified atom stereocenters. The fourth-order valence-electron chi connectivity index (χ4n) is 2.68. The molecule has 0 saturated carbocycles. The van der Waals surface area contributed by atoms with E-state index in [1.165, 1.54) is 10.4 Å². The minimum Gasteiger partial charge on any atom is -0.334 e. The van der Waals surface area contributed by atoms with Crippen LogP contribution in [0.2, 0.25) is 0 Å². The van der Waals surface area contributed by atoms with Gasteiger partial charge < -0.3 is 4.90 Å². The van der Waals surface area contributed by atoms with Crippen molar-refractivity contribution in [1.29, 1.82) is 0 Å². The van der Waals surface area contributed by atoms with Gasteiger partial charge in [-0.2, -0.15) is 5.21 Å². The minimum atomic E-state index is 0.0437. The Morgan fingerprint density at radius 2 is 2.27 bits per heavy atom. The van der Waals surface area contributed by atoms with Crippen molar-refractivity contribution in [3.05, 3.63) is 51.7 Å². The predicted molar refractivity (Wildman–Crippen MR) is 82.4 cm³/mol. The standard InChI is InChI=1S/C15H13N5OS/c21-15(20-6-4-13-12(9-20)5-7-22-13)11-3-1-2-10(8-11)14-16-18-19-17-14/h1-3,5,7-8H,4,6,9H2,(H,16,17,18,19). The molecule has 0 atom stereocenters. The van der Waals surface area contributed by atoms with E-state index in [1.54, 1.807) is 11.3 Å². The highest BCUT2D eigenvalue weighted by Gasteiger charge is 2.22. The number of fused-ring (bicyclic) bond motifs is 1. The molecule has 1 amide bonds. The number of carbonyl (C=O) groups excluding carboxylic acids is 1. The summed E-state index contributed by atoms with van der Waals surface area (Å²) in [7, 11) is 0. The number of nitrogens with zero attached hydrogens (tertiary/aromatic N) is 4. The molecule has 1 aromatic carbocycles. The third-order valence-electron chi connectivity index (χ3n) is 3.81. The number of benzene rings is 1. The Kier molecular flexibility index (Phi) is 3.19. The highest BCUT2D eigenvalue weighted by Crippen LogP contribution is 2.25. The maximum Gasteiger partial charge on any atom is 0.254 e. The molecule has 0 bridgehead atoms. The molecule has 4 rings (SSSR count). The van der Waals surface area contributed by atoms with E-state index in [-0.39, 0.29) is 5.91 Å². The predicted octanol–water partition coefficient (Wildman–Crippen LogP) is 2.13. The summed E-state index contributed by atoms with van der Waals surface area (Å²) in [4.78, 5) is 16.0. The van der Waals surface area contributed by atoms with Crippen molar-refractivity contribution in [3.63, 3.8) is 0 Å². The number of H-pyrrole nitrogens is 1. The zero-order chi connectivity index (χ0) is 14.9. The summed E-state index contributed by atoms with van der Waals surface area (Å²) in [6.45, 7) is 1.45. The average molecular weight is 311 g/mol. The van der Waals surface area contributed by atoms with Gasteiger partial charge in [0, 0.05) is 29.1 Å². The lowest BCUT2D eigenvalue weighted by molar-refractivity contribution is 0.0736. The van der Waals surface area contributed by atoms with Crippen LogP contribution in [0.3, 0.4) is 0 Å². The summed E-state index contributed by atoms with van der Waals surface area (Å²) in [6.07, 6.45) is 0.934. The number of hydrogen-bond acceptors (Lipinski definition) is 5. The van der Waals surface area contributed by atoms with Crippen molar-refractivity contribution in [2.75, 3.05) is 6.54 Å². The number of rotatable bonds is 2. The first-order valence-corrected chi connectivity index (χ1v) is 7.87. The first-order valence-electron chi connectivity index (χ1n) is 6.99. The molecule has 1 aliphatic rings. The summed E-state index contributed by atoms with van der Waals surface area (Å²) in [5.41, 5.74) is 2.70. The van der Waals surface area contributed by atoms with Crippen molar-refractivity contribution < 1.29 is 4.79 Å². The highest BCUT2D eigenvalue weighted by molar-refractivity contribution is 7.10. The lowest BCUT2D eigenvalue weighted by atomic mass is 10.1. The molecule has 7 heteroatoms. The summed E-state index contributed by atoms with van der Waals surface area (Å²) in [5.74, 6) is 0.538. The number of amides is 1. The number of aromatic amines is 1. The van der Waals surface area contributed by atoms with Crippen molar-refractivity contribution in [2.24, 2.45) is 0 Å². The van der Waals surface area contributed by atoms with Crippen molar-refractivity contribution in [3.8, 4) is 11.4 Å². The van der Waals surface area contributed by atoms with Crippen LogP contribution in [-0.2, 0) is 13.0 Å². The molecule has 110 valence electrons. The van der Waals surface area contributed by atoms with E-state index in [2.05, 4.69) is 32.1 Å². The van der Waals surface area contributed by atoms with Gasteiger partial charge >= 0.3 is 0 Å². The molecule has 0 fully saturated rings. The van der Waals surface area contributed by atoms with Crippen LogP contribution in [-0.4, -0.2) is 38.0 Å². The van der Waals surface area contributed by atoms with Gasteiger partial charge in [0.05, 0.1) is 0 Å². The number of tetrazole rings is 1. The second-order valence-corrected chi connectivity index (χ2v) is 6.16. The van der Waals surface area contributed by atoms with Gasteiger partial charge in [0.2, 0.25) is 5.82 Å². The number of hydrogen-bond donors (Lipinski definition) is 1. The van der Waals surface area contributed by atoms with Crippen molar-refractivity contribution >= 4 is 17.2 Å². The first kappa shape index (κ1) is 13.1. The van der Waals surface area contributed by atoms with Gasteiger partial charge in [0.25, 0.3) is 5.91 Å². The Balaban J connectivity index is 1.60. The monoisotopic (exact) mass is 311 g/mol. The number of nitrogens with one attached hydrogen (secondary N) is 1. The molecular formula is C15H13N5OS. The van der Waals surface area contributed by atoms with Crippen LogP contribution >= 0.6 is 11.3 Å². The summed E-state index contributed by atoms with van der Waals surface area (Å²) in [6, 6.07) is 9.47. The van der Waals surface area contributed by atoms with Crippen LogP contribution in [0, 0.1) is 0 Å². The van der Waals surface area contributed by atoms with E-state index in [0.29, 0.717) is 17.9 Å². The van der Waals surface area contributed by atoms with Crippen molar-refractivity contribution in [2.45, 2.75) is 13.0 Å². The normalized spacial score (nSPS) is 13.9. The molecule has 3 aromatic rings. The maximum absolute atomic E-state index is 12.7. The van der Waals surface area contributed by atoms with Crippen LogP contribution in [0.5, 0.6) is 0 Å². The molecule has 6 nitrogen and oxygen atoms in total. The second-order valence-electron chi connectivity index (χ2n) is 5.16. The van der Waals surface area contributed by atoms with Gasteiger partial charge in [-0.05, 0) is 40.8 Å². The zero-order valence-electron chi connectivity index (χ0n) is 11.7. The fraction of sp³-hybridized carbons (Fsp3) is 0.200. The Hall–Kier alpha value is -2.54. The Bertz CT molecular complexity index is 811. The minimum absolute atomic E-state index is 0.0437. The van der Waals surface area contributed by atoms with Crippen LogP contribution in [0.15, 0.2) is 35.7 Å². The van der Waals surface area contributed by atoms with Gasteiger partial charge in [-0.15, -0.1) is 21.5 Å². The lowest BCUT2D eigenvalue weighted by Gasteiger charge is -2.27. The molecule has 2 aromatic heterocycles. The zero-order valence-corrected chi connectivity index (χ0v) is 12.5. The number of thiophene rings is 1. The average Bonchev–Trinajstić information content (AvgIpc) is 3.25. The SMILES string of the molecule is O=C(c1cccc(-c2nn[nH]n2)c1)N1CCc2sccc2C1. The van der Waals surface area contributed by atoms with Gasteiger partial charge in [-0.3, -0.25) is 4.79 Å². The fourth-order valence-corrected chi connectivity index (χ4v) is 3.57. The first-order chi connectivity index (χ1) is 10.8. The quantitative estimate of drug-likeness (QED) is 0.786. The molecule has 0 spiro atoms. The lowest BCUT2D eigenvalue weighted by Crippen LogP contribution is -2.35. The van der Waals surface area contributed by atoms with Crippen molar-refractivity contribution in [1.82, 2.24) is 25.5 Å². The summed E-state index contributed by atoms with van der Waals surface area (Å²) in [5, 5.41) is 16.0. The number of aromatic nitrogens is 4. The largest absolute Gasteiger partial charge is 0.334 e. The van der Waals surface area contributed by atoms with E-state index in [4.69, 9.17) is 0 Å². The molecular weight excluding hydrogens is 298 g/mol. The van der Waals surface area contributed by atoms with E-state index in [0.717, 1.165) is 18.5 Å². The maximum atomic E-state index is 12.7. The molecule has 0 saturated heterocycles. The summed E-state index contributed by atoms with van der Waals surface area (Å²) >= 11 is 1.77. The highest BCUT2D eigenvalue weighted by atomic mass is 32.1. The third-order valence-corrected chi connectivity index (χ3v) is 4.83. The Morgan fingerprint density at radius 1 is 1.32 bits per heavy atom. The number of carbonyl (C=O) groups is 1. The Morgan fingerprint density at radius 3 is 3.14 bits per heavy atom. The molecule has 1 aliphatic heterocycles. The molecule has 22 heavy (non-hydrogen) atoms. The van der Waals surface area contributed by atoms with Gasteiger partial charge in [0.15, 0.2) is 0 Å². The smallest absolute Gasteiger partial charge is 0.254 e. The van der Waals surface area contributed by atoms with E-state index in [9.17, 15) is 4.79 Å². The van der Waals surface area contributed by atoms with Crippen LogP contribution in [0.25, 0.3) is 11.4 Å². The van der Waals surface area contributed by atoms with Gasteiger partial charge in [-0.25, -0.2) is 0 Å². The topological polar surface area (TPSA) is 74.8 Å². The molecule has 1 N–H and O–H groups in total. The molecule has 0 radical (unpaired) electrons. The van der Waals surface area contributed by atoms with E-state index in [1.807, 2.05) is 29.2 Å². The summed E-state index contributed by atoms with van der Waals surface area (Å²) < 4.78 is 0. The van der Waals surface area contributed by atoms with E-state index < -0.39 is 0 Å². The van der Waals surface area contributed by atoms with Gasteiger partial charge in [-0.1, -0.05) is 12.1 Å². The van der Waals surface area contributed by atoms with Crippen LogP contribution in [0.1, 0.15) is 20.8 Å². The second kappa shape index (κ2) is 5.34. The van der Waals surface area contributed by atoms with Crippen LogP contribution < -0.4 is 0 Å².